The quantitative estimate of drug-likeness (QED) is 0.865. The summed E-state index contributed by atoms with van der Waals surface area (Å²) >= 11 is 0. The molecule has 5 nitrogen and oxygen atoms in total. The first kappa shape index (κ1) is 15.4. The molecule has 8 heteroatoms. The molecule has 0 unspecified atom stereocenters. The fraction of sp³-hybridized carbons (Fsp3) is 0.462. The van der Waals surface area contributed by atoms with E-state index in [1.54, 1.807) is 6.07 Å². The van der Waals surface area contributed by atoms with Crippen molar-refractivity contribution in [3.8, 4) is 5.75 Å². The van der Waals surface area contributed by atoms with E-state index in [2.05, 4.69) is 10.3 Å². The molecule has 1 aliphatic rings. The Morgan fingerprint density at radius 2 is 2.24 bits per heavy atom. The molecule has 0 saturated heterocycles. The molecule has 1 aromatic rings. The van der Waals surface area contributed by atoms with Crippen molar-refractivity contribution >= 4 is 6.02 Å². The monoisotopic (exact) mass is 303 g/mol. The maximum Gasteiger partial charge on any atom is 0.419 e. The Bertz CT molecular complexity index is 532. The summed E-state index contributed by atoms with van der Waals surface area (Å²) in [6, 6.07) is 4.02. The first-order chi connectivity index (χ1) is 9.90. The minimum absolute atomic E-state index is 0.106. The Morgan fingerprint density at radius 1 is 1.48 bits per heavy atom. The number of rotatable bonds is 5. The van der Waals surface area contributed by atoms with Crippen LogP contribution in [0.15, 0.2) is 23.2 Å². The van der Waals surface area contributed by atoms with Crippen LogP contribution in [-0.2, 0) is 17.5 Å². The summed E-state index contributed by atoms with van der Waals surface area (Å²) < 4.78 is 48.4. The lowest BCUT2D eigenvalue weighted by molar-refractivity contribution is -0.138. The van der Waals surface area contributed by atoms with Crippen molar-refractivity contribution in [3.05, 3.63) is 29.3 Å². The molecule has 0 fully saturated rings. The average Bonchev–Trinajstić information content (AvgIpc) is 2.83. The number of methoxy groups -OCH3 is 1. The van der Waals surface area contributed by atoms with E-state index in [9.17, 15) is 13.2 Å². The predicted molar refractivity (Wildman–Crippen MR) is 71.1 cm³/mol. The summed E-state index contributed by atoms with van der Waals surface area (Å²) in [6.45, 7) is 1.16. The van der Waals surface area contributed by atoms with Crippen LogP contribution in [0.25, 0.3) is 0 Å². The van der Waals surface area contributed by atoms with Gasteiger partial charge in [0.1, 0.15) is 18.4 Å². The number of halogens is 3. The topological polar surface area (TPSA) is 68.9 Å². The van der Waals surface area contributed by atoms with Gasteiger partial charge in [0.25, 0.3) is 6.02 Å². The van der Waals surface area contributed by atoms with Crippen LogP contribution in [0.5, 0.6) is 5.75 Å². The lowest BCUT2D eigenvalue weighted by Gasteiger charge is -2.14. The molecule has 1 atom stereocenters. The number of nitrogens with zero attached hydrogens (tertiary/aromatic N) is 1. The predicted octanol–water partition coefficient (Wildman–Crippen LogP) is 1.52. The molecule has 0 bridgehead atoms. The molecular formula is C13H16F3N3O2. The molecule has 1 aliphatic heterocycles. The van der Waals surface area contributed by atoms with Crippen molar-refractivity contribution in [2.75, 3.05) is 20.3 Å². The van der Waals surface area contributed by atoms with E-state index in [-0.39, 0.29) is 17.8 Å². The van der Waals surface area contributed by atoms with Crippen LogP contribution in [0, 0.1) is 0 Å². The van der Waals surface area contributed by atoms with Gasteiger partial charge in [-0.25, -0.2) is 4.99 Å². The lowest BCUT2D eigenvalue weighted by atomic mass is 10.1. The van der Waals surface area contributed by atoms with E-state index >= 15 is 0 Å². The van der Waals surface area contributed by atoms with Gasteiger partial charge in [0.2, 0.25) is 0 Å². The highest BCUT2D eigenvalue weighted by Gasteiger charge is 2.34. The number of hydrogen-bond donors (Lipinski definition) is 2. The van der Waals surface area contributed by atoms with E-state index < -0.39 is 11.7 Å². The Balaban J connectivity index is 1.97. The highest BCUT2D eigenvalue weighted by molar-refractivity contribution is 5.73. The van der Waals surface area contributed by atoms with E-state index in [0.717, 1.165) is 6.07 Å². The number of hydrogen-bond acceptors (Lipinski definition) is 5. The summed E-state index contributed by atoms with van der Waals surface area (Å²) in [5.41, 5.74) is 5.10. The van der Waals surface area contributed by atoms with Crippen molar-refractivity contribution in [1.29, 1.82) is 0 Å². The molecule has 3 N–H and O–H groups in total. The zero-order valence-corrected chi connectivity index (χ0v) is 11.4. The highest BCUT2D eigenvalue weighted by atomic mass is 19.4. The third-order valence-electron chi connectivity index (χ3n) is 3.01. The van der Waals surface area contributed by atoms with Crippen LogP contribution in [0.2, 0.25) is 0 Å². The van der Waals surface area contributed by atoms with Gasteiger partial charge in [-0.2, -0.15) is 13.2 Å². The van der Waals surface area contributed by atoms with Crippen LogP contribution in [0.4, 0.5) is 13.2 Å². The van der Waals surface area contributed by atoms with E-state index in [0.29, 0.717) is 25.3 Å². The summed E-state index contributed by atoms with van der Waals surface area (Å²) in [6.07, 6.45) is -4.45. The fourth-order valence-electron chi connectivity index (χ4n) is 2.01. The number of ether oxygens (including phenoxy) is 2. The molecule has 0 saturated carbocycles. The number of benzene rings is 1. The Kier molecular flexibility index (Phi) is 4.56. The summed E-state index contributed by atoms with van der Waals surface area (Å²) in [7, 11) is 1.21. The molecule has 2 rings (SSSR count). The van der Waals surface area contributed by atoms with Crippen LogP contribution < -0.4 is 15.8 Å². The molecular weight excluding hydrogens is 287 g/mol. The Hall–Kier alpha value is -1.96. The molecule has 0 aromatic heterocycles. The molecule has 0 aliphatic carbocycles. The number of amidine groups is 1. The standard InChI is InChI=1S/C13H16F3N3O2/c1-20-11-3-2-8(4-10(11)13(14,15)16)5-18-6-9-7-21-12(17)19-9/h2-4,9,18H,5-7H2,1H3,(H2,17,19)/t9-/m0/s1. The van der Waals surface area contributed by atoms with Gasteiger partial charge >= 0.3 is 6.18 Å². The molecule has 1 aromatic carbocycles. The van der Waals surface area contributed by atoms with Crippen LogP contribution in [0.3, 0.4) is 0 Å². The second kappa shape index (κ2) is 6.21. The third kappa shape index (κ3) is 4.01. The maximum atomic E-state index is 12.9. The zero-order valence-electron chi connectivity index (χ0n) is 11.4. The van der Waals surface area contributed by atoms with Crippen LogP contribution >= 0.6 is 0 Å². The minimum Gasteiger partial charge on any atom is -0.496 e. The summed E-state index contributed by atoms with van der Waals surface area (Å²) in [4.78, 5) is 4.01. The van der Waals surface area contributed by atoms with Gasteiger partial charge in [0.15, 0.2) is 0 Å². The number of alkyl halides is 3. The summed E-state index contributed by atoms with van der Waals surface area (Å²) in [5.74, 6) is -0.187. The molecule has 0 amide bonds. The number of aliphatic imine (C=N–C) groups is 1. The average molecular weight is 303 g/mol. The van der Waals surface area contributed by atoms with E-state index in [1.807, 2.05) is 0 Å². The van der Waals surface area contributed by atoms with Gasteiger partial charge in [-0.15, -0.1) is 0 Å². The molecule has 21 heavy (non-hydrogen) atoms. The van der Waals surface area contributed by atoms with Gasteiger partial charge in [0.05, 0.1) is 12.7 Å². The van der Waals surface area contributed by atoms with Gasteiger partial charge < -0.3 is 20.5 Å². The second-order valence-electron chi connectivity index (χ2n) is 4.60. The lowest BCUT2D eigenvalue weighted by Crippen LogP contribution is -2.26. The highest BCUT2D eigenvalue weighted by Crippen LogP contribution is 2.36. The second-order valence-corrected chi connectivity index (χ2v) is 4.60. The van der Waals surface area contributed by atoms with Gasteiger partial charge in [0, 0.05) is 13.1 Å². The molecule has 1 heterocycles. The minimum atomic E-state index is -4.45. The van der Waals surface area contributed by atoms with Crippen LogP contribution in [0.1, 0.15) is 11.1 Å². The first-order valence-corrected chi connectivity index (χ1v) is 6.31. The van der Waals surface area contributed by atoms with Crippen molar-refractivity contribution in [2.45, 2.75) is 18.8 Å². The van der Waals surface area contributed by atoms with Gasteiger partial charge in [-0.1, -0.05) is 6.07 Å². The molecule has 0 radical (unpaired) electrons. The van der Waals surface area contributed by atoms with Gasteiger partial charge in [-0.3, -0.25) is 0 Å². The normalized spacial score (nSPS) is 18.3. The Morgan fingerprint density at radius 3 is 2.81 bits per heavy atom. The Labute approximate surface area is 119 Å². The SMILES string of the molecule is COc1ccc(CNC[C@H]2COC(N)=N2)cc1C(F)(F)F. The first-order valence-electron chi connectivity index (χ1n) is 6.31. The largest absolute Gasteiger partial charge is 0.496 e. The van der Waals surface area contributed by atoms with Crippen molar-refractivity contribution < 1.29 is 22.6 Å². The van der Waals surface area contributed by atoms with Crippen molar-refractivity contribution in [1.82, 2.24) is 5.32 Å². The number of nitrogens with one attached hydrogen (secondary N) is 1. The fourth-order valence-corrected chi connectivity index (χ4v) is 2.01. The van der Waals surface area contributed by atoms with Crippen LogP contribution in [-0.4, -0.2) is 32.3 Å². The maximum absolute atomic E-state index is 12.9. The van der Waals surface area contributed by atoms with Gasteiger partial charge in [-0.05, 0) is 17.7 Å². The van der Waals surface area contributed by atoms with E-state index in [1.165, 1.54) is 13.2 Å². The third-order valence-corrected chi connectivity index (χ3v) is 3.01. The molecule has 0 spiro atoms. The number of nitrogens with two attached hydrogens (primary N) is 1. The van der Waals surface area contributed by atoms with E-state index in [4.69, 9.17) is 15.2 Å². The molecule has 116 valence electrons. The summed E-state index contributed by atoms with van der Waals surface area (Å²) in [5, 5.41) is 3.03. The van der Waals surface area contributed by atoms with Crippen molar-refractivity contribution in [2.24, 2.45) is 10.7 Å². The van der Waals surface area contributed by atoms with Crippen molar-refractivity contribution in [3.63, 3.8) is 0 Å². The zero-order chi connectivity index (χ0) is 15.5. The smallest absolute Gasteiger partial charge is 0.419 e.